The van der Waals surface area contributed by atoms with Gasteiger partial charge in [0.1, 0.15) is 5.82 Å². The molecule has 9 heteroatoms. The van der Waals surface area contributed by atoms with E-state index in [-0.39, 0.29) is 17.8 Å². The minimum absolute atomic E-state index is 0.107. The number of likely N-dealkylation sites (tertiary alicyclic amines) is 1. The first kappa shape index (κ1) is 19.3. The molecule has 3 rings (SSSR count). The van der Waals surface area contributed by atoms with Crippen LogP contribution in [0.3, 0.4) is 0 Å². The summed E-state index contributed by atoms with van der Waals surface area (Å²) in [7, 11) is 0. The van der Waals surface area contributed by atoms with Crippen LogP contribution in [0.1, 0.15) is 25.6 Å². The molecule has 0 aliphatic carbocycles. The van der Waals surface area contributed by atoms with Crippen molar-refractivity contribution in [3.63, 3.8) is 0 Å². The molecule has 0 bridgehead atoms. The summed E-state index contributed by atoms with van der Waals surface area (Å²) in [4.78, 5) is 27.0. The Kier molecular flexibility index (Phi) is 6.41. The molecule has 1 aliphatic rings. The third-order valence-electron chi connectivity index (χ3n) is 4.29. The Morgan fingerprint density at radius 2 is 2.11 bits per heavy atom. The molecule has 1 aliphatic heterocycles. The Balaban J connectivity index is 1.67. The van der Waals surface area contributed by atoms with Gasteiger partial charge in [0.05, 0.1) is 19.1 Å². The topological polar surface area (TPSA) is 106 Å². The molecule has 2 aromatic rings. The Morgan fingerprint density at radius 1 is 1.33 bits per heavy atom. The second-order valence-electron chi connectivity index (χ2n) is 6.39. The van der Waals surface area contributed by atoms with Crippen molar-refractivity contribution in [1.82, 2.24) is 19.9 Å². The second-order valence-corrected chi connectivity index (χ2v) is 6.83. The van der Waals surface area contributed by atoms with Gasteiger partial charge in [0.15, 0.2) is 0 Å². The number of halogens is 1. The van der Waals surface area contributed by atoms with E-state index < -0.39 is 0 Å². The summed E-state index contributed by atoms with van der Waals surface area (Å²) in [5.74, 6) is 0.838. The first-order valence-corrected chi connectivity index (χ1v) is 9.33. The summed E-state index contributed by atoms with van der Waals surface area (Å²) in [6.45, 7) is 4.23. The second kappa shape index (κ2) is 8.96. The van der Waals surface area contributed by atoms with Crippen LogP contribution in [0.25, 0.3) is 0 Å². The van der Waals surface area contributed by atoms with E-state index in [1.165, 1.54) is 0 Å². The lowest BCUT2D eigenvalue weighted by Gasteiger charge is -2.30. The van der Waals surface area contributed by atoms with Gasteiger partial charge in [-0.05, 0) is 50.6 Å². The van der Waals surface area contributed by atoms with Gasteiger partial charge in [0.25, 0.3) is 0 Å². The molecule has 0 spiro atoms. The molecule has 3 N–H and O–H groups in total. The average Bonchev–Trinajstić information content (AvgIpc) is 2.63. The van der Waals surface area contributed by atoms with Crippen molar-refractivity contribution in [3.05, 3.63) is 35.1 Å². The molecule has 0 radical (unpaired) electrons. The van der Waals surface area contributed by atoms with E-state index in [9.17, 15) is 4.79 Å². The number of nitrogens with one attached hydrogen (secondary N) is 1. The summed E-state index contributed by atoms with van der Waals surface area (Å²) in [6, 6.07) is 7.21. The maximum atomic E-state index is 12.0. The van der Waals surface area contributed by atoms with Crippen LogP contribution in [0.2, 0.25) is 5.02 Å². The number of piperidine rings is 1. The fourth-order valence-corrected chi connectivity index (χ4v) is 3.20. The SMILES string of the molecule is CCOC(=O)[C@@H]1CCCN(Cc2nc(N)nc(Nc3ccc(Cl)cc3)n2)C1. The summed E-state index contributed by atoms with van der Waals surface area (Å²) in [5.41, 5.74) is 6.64. The predicted molar refractivity (Wildman–Crippen MR) is 104 cm³/mol. The fraction of sp³-hybridized carbons (Fsp3) is 0.444. The Hall–Kier alpha value is -2.45. The molecule has 1 saturated heterocycles. The van der Waals surface area contributed by atoms with Crippen molar-refractivity contribution in [2.24, 2.45) is 5.92 Å². The van der Waals surface area contributed by atoms with Crippen molar-refractivity contribution in [2.45, 2.75) is 26.3 Å². The van der Waals surface area contributed by atoms with Crippen molar-refractivity contribution in [1.29, 1.82) is 0 Å². The van der Waals surface area contributed by atoms with Gasteiger partial charge in [-0.2, -0.15) is 15.0 Å². The molecular weight excluding hydrogens is 368 g/mol. The standard InChI is InChI=1S/C18H23ClN6O2/c1-2-27-16(26)12-4-3-9-25(10-12)11-15-22-17(20)24-18(23-15)21-14-7-5-13(19)6-8-14/h5-8,12H,2-4,9-11H2,1H3,(H3,20,21,22,23,24)/t12-/m1/s1. The molecule has 8 nitrogen and oxygen atoms in total. The minimum atomic E-state index is -0.137. The van der Waals surface area contributed by atoms with Gasteiger partial charge in [-0.1, -0.05) is 11.6 Å². The highest BCUT2D eigenvalue weighted by Crippen LogP contribution is 2.20. The highest BCUT2D eigenvalue weighted by molar-refractivity contribution is 6.30. The van der Waals surface area contributed by atoms with Crippen molar-refractivity contribution in [2.75, 3.05) is 30.7 Å². The quantitative estimate of drug-likeness (QED) is 0.725. The summed E-state index contributed by atoms with van der Waals surface area (Å²) < 4.78 is 5.15. The number of ether oxygens (including phenoxy) is 1. The van der Waals surface area contributed by atoms with E-state index >= 15 is 0 Å². The largest absolute Gasteiger partial charge is 0.466 e. The van der Waals surface area contributed by atoms with Crippen molar-refractivity contribution < 1.29 is 9.53 Å². The van der Waals surface area contributed by atoms with Gasteiger partial charge in [0, 0.05) is 17.3 Å². The molecule has 0 unspecified atom stereocenters. The van der Waals surface area contributed by atoms with Crippen LogP contribution < -0.4 is 11.1 Å². The highest BCUT2D eigenvalue weighted by atomic mass is 35.5. The molecule has 0 saturated carbocycles. The number of anilines is 3. The Bertz CT molecular complexity index is 786. The van der Waals surface area contributed by atoms with Crippen molar-refractivity contribution >= 4 is 35.2 Å². The monoisotopic (exact) mass is 390 g/mol. The van der Waals surface area contributed by atoms with Crippen molar-refractivity contribution in [3.8, 4) is 0 Å². The van der Waals surface area contributed by atoms with E-state index in [0.717, 1.165) is 25.1 Å². The van der Waals surface area contributed by atoms with Gasteiger partial charge in [-0.3, -0.25) is 9.69 Å². The number of esters is 1. The number of benzene rings is 1. The number of aromatic nitrogens is 3. The third kappa shape index (κ3) is 5.51. The molecule has 144 valence electrons. The summed E-state index contributed by atoms with van der Waals surface area (Å²) in [6.07, 6.45) is 1.78. The predicted octanol–water partition coefficient (Wildman–Crippen LogP) is 2.63. The Morgan fingerprint density at radius 3 is 2.85 bits per heavy atom. The summed E-state index contributed by atoms with van der Waals surface area (Å²) >= 11 is 5.90. The molecule has 2 heterocycles. The number of nitrogens with two attached hydrogens (primary N) is 1. The maximum absolute atomic E-state index is 12.0. The number of hydrogen-bond acceptors (Lipinski definition) is 8. The van der Waals surface area contributed by atoms with Crippen LogP contribution in [0, 0.1) is 5.92 Å². The number of hydrogen-bond donors (Lipinski definition) is 2. The number of carbonyl (C=O) groups is 1. The van der Waals surface area contributed by atoms with E-state index in [1.807, 2.05) is 19.1 Å². The Labute approximate surface area is 163 Å². The molecule has 1 fully saturated rings. The molecule has 27 heavy (non-hydrogen) atoms. The normalized spacial score (nSPS) is 17.5. The lowest BCUT2D eigenvalue weighted by molar-refractivity contribution is -0.150. The van der Waals surface area contributed by atoms with Crippen LogP contribution in [0.4, 0.5) is 17.6 Å². The molecule has 0 amide bonds. The maximum Gasteiger partial charge on any atom is 0.310 e. The first-order chi connectivity index (χ1) is 13.0. The lowest BCUT2D eigenvalue weighted by Crippen LogP contribution is -2.39. The summed E-state index contributed by atoms with van der Waals surface area (Å²) in [5, 5.41) is 3.75. The first-order valence-electron chi connectivity index (χ1n) is 8.95. The smallest absolute Gasteiger partial charge is 0.310 e. The van der Waals surface area contributed by atoms with Gasteiger partial charge in [0.2, 0.25) is 11.9 Å². The van der Waals surface area contributed by atoms with Crippen LogP contribution >= 0.6 is 11.6 Å². The van der Waals surface area contributed by atoms with E-state index in [1.54, 1.807) is 12.1 Å². The molecule has 1 aromatic carbocycles. The van der Waals surface area contributed by atoms with Gasteiger partial charge >= 0.3 is 5.97 Å². The van der Waals surface area contributed by atoms with E-state index in [0.29, 0.717) is 36.5 Å². The fourth-order valence-electron chi connectivity index (χ4n) is 3.08. The van der Waals surface area contributed by atoms with Crippen LogP contribution in [-0.4, -0.2) is 45.5 Å². The molecule has 1 atom stereocenters. The zero-order chi connectivity index (χ0) is 19.2. The highest BCUT2D eigenvalue weighted by Gasteiger charge is 2.27. The zero-order valence-electron chi connectivity index (χ0n) is 15.2. The van der Waals surface area contributed by atoms with Gasteiger partial charge in [-0.15, -0.1) is 0 Å². The minimum Gasteiger partial charge on any atom is -0.466 e. The number of carbonyl (C=O) groups excluding carboxylic acids is 1. The number of nitrogens with zero attached hydrogens (tertiary/aromatic N) is 4. The van der Waals surface area contributed by atoms with Crippen LogP contribution in [0.15, 0.2) is 24.3 Å². The number of nitrogen functional groups attached to an aromatic ring is 1. The lowest BCUT2D eigenvalue weighted by atomic mass is 9.98. The third-order valence-corrected chi connectivity index (χ3v) is 4.54. The van der Waals surface area contributed by atoms with E-state index in [4.69, 9.17) is 22.1 Å². The van der Waals surface area contributed by atoms with Crippen LogP contribution in [-0.2, 0) is 16.1 Å². The van der Waals surface area contributed by atoms with Crippen LogP contribution in [0.5, 0.6) is 0 Å². The molecular formula is C18H23ClN6O2. The zero-order valence-corrected chi connectivity index (χ0v) is 15.9. The molecule has 1 aromatic heterocycles. The average molecular weight is 391 g/mol. The van der Waals surface area contributed by atoms with E-state index in [2.05, 4.69) is 25.2 Å². The van der Waals surface area contributed by atoms with Gasteiger partial charge in [-0.25, -0.2) is 0 Å². The number of rotatable bonds is 6. The van der Waals surface area contributed by atoms with Gasteiger partial charge < -0.3 is 15.8 Å².